The zero-order valence-electron chi connectivity index (χ0n) is 14.8. The molecule has 2 N–H and O–H groups in total. The molecule has 3 aromatic carbocycles. The maximum Gasteiger partial charge on any atom is 0.228 e. The van der Waals surface area contributed by atoms with Crippen molar-refractivity contribution in [2.45, 2.75) is 13.3 Å². The minimum Gasteiger partial charge on any atom is -0.507 e. The van der Waals surface area contributed by atoms with Gasteiger partial charge in [-0.15, -0.1) is 11.3 Å². The van der Waals surface area contributed by atoms with Gasteiger partial charge in [-0.05, 0) is 42.8 Å². The van der Waals surface area contributed by atoms with Gasteiger partial charge in [0.2, 0.25) is 5.91 Å². The maximum atomic E-state index is 12.4. The van der Waals surface area contributed by atoms with Gasteiger partial charge in [-0.2, -0.15) is 0 Å². The van der Waals surface area contributed by atoms with Crippen molar-refractivity contribution in [2.24, 2.45) is 0 Å². The van der Waals surface area contributed by atoms with E-state index in [0.717, 1.165) is 26.4 Å². The van der Waals surface area contributed by atoms with Gasteiger partial charge in [0.05, 0.1) is 22.2 Å². The number of nitrogens with one attached hydrogen (secondary N) is 1. The Morgan fingerprint density at radius 1 is 1.07 bits per heavy atom. The number of aromatic nitrogens is 1. The smallest absolute Gasteiger partial charge is 0.228 e. The molecule has 4 nitrogen and oxygen atoms in total. The zero-order chi connectivity index (χ0) is 18.8. The summed E-state index contributed by atoms with van der Waals surface area (Å²) >= 11 is 1.51. The van der Waals surface area contributed by atoms with Crippen LogP contribution in [0.2, 0.25) is 0 Å². The number of phenols is 1. The molecule has 0 fully saturated rings. The molecule has 27 heavy (non-hydrogen) atoms. The number of hydrogen-bond acceptors (Lipinski definition) is 4. The molecule has 0 aliphatic rings. The molecule has 0 saturated carbocycles. The number of benzene rings is 3. The monoisotopic (exact) mass is 374 g/mol. The van der Waals surface area contributed by atoms with Gasteiger partial charge in [0.15, 0.2) is 0 Å². The normalized spacial score (nSPS) is 10.9. The number of fused-ring (bicyclic) bond motifs is 1. The van der Waals surface area contributed by atoms with Crippen molar-refractivity contribution in [1.82, 2.24) is 4.98 Å². The summed E-state index contributed by atoms with van der Waals surface area (Å²) in [6.45, 7) is 2.02. The van der Waals surface area contributed by atoms with Crippen molar-refractivity contribution in [1.29, 1.82) is 0 Å². The van der Waals surface area contributed by atoms with Gasteiger partial charge >= 0.3 is 0 Å². The maximum absolute atomic E-state index is 12.4. The van der Waals surface area contributed by atoms with Crippen LogP contribution in [0, 0.1) is 6.92 Å². The number of rotatable bonds is 4. The van der Waals surface area contributed by atoms with Crippen molar-refractivity contribution in [3.63, 3.8) is 0 Å². The number of para-hydroxylation sites is 1. The Hall–Kier alpha value is -3.18. The third-order valence-electron chi connectivity index (χ3n) is 4.29. The molecule has 5 heteroatoms. The Morgan fingerprint density at radius 3 is 2.63 bits per heavy atom. The van der Waals surface area contributed by atoms with Gasteiger partial charge < -0.3 is 10.4 Å². The fourth-order valence-corrected chi connectivity index (χ4v) is 3.86. The average molecular weight is 374 g/mol. The minimum absolute atomic E-state index is 0.0974. The van der Waals surface area contributed by atoms with Crippen LogP contribution in [0.25, 0.3) is 20.8 Å². The zero-order valence-corrected chi connectivity index (χ0v) is 15.6. The Kier molecular flexibility index (Phi) is 4.60. The second-order valence-electron chi connectivity index (χ2n) is 6.43. The van der Waals surface area contributed by atoms with E-state index in [1.165, 1.54) is 11.3 Å². The molecule has 0 aliphatic carbocycles. The number of anilines is 1. The first-order valence-electron chi connectivity index (χ1n) is 8.63. The molecule has 1 amide bonds. The molecule has 0 unspecified atom stereocenters. The van der Waals surface area contributed by atoms with Crippen LogP contribution in [-0.2, 0) is 11.2 Å². The number of phenolic OH excluding ortho intramolecular Hbond substituents is 1. The number of nitrogens with zero attached hydrogens (tertiary/aromatic N) is 1. The first kappa shape index (κ1) is 17.2. The van der Waals surface area contributed by atoms with Gasteiger partial charge in [-0.25, -0.2) is 4.98 Å². The Labute approximate surface area is 161 Å². The summed E-state index contributed by atoms with van der Waals surface area (Å²) in [5.74, 6) is 0.0467. The molecule has 0 bridgehead atoms. The van der Waals surface area contributed by atoms with Crippen molar-refractivity contribution in [3.8, 4) is 16.3 Å². The molecule has 4 aromatic rings. The third kappa shape index (κ3) is 3.83. The highest BCUT2D eigenvalue weighted by Gasteiger charge is 2.12. The van der Waals surface area contributed by atoms with Crippen LogP contribution in [0.15, 0.2) is 66.7 Å². The van der Waals surface area contributed by atoms with E-state index < -0.39 is 0 Å². The van der Waals surface area contributed by atoms with Crippen LogP contribution < -0.4 is 5.32 Å². The van der Waals surface area contributed by atoms with Crippen molar-refractivity contribution in [3.05, 3.63) is 77.9 Å². The number of carbonyl (C=O) groups excluding carboxylic acids is 1. The number of carbonyl (C=O) groups is 1. The van der Waals surface area contributed by atoms with E-state index in [1.54, 1.807) is 18.2 Å². The number of thiazole rings is 1. The van der Waals surface area contributed by atoms with Crippen molar-refractivity contribution >= 4 is 33.1 Å². The van der Waals surface area contributed by atoms with Crippen LogP contribution in [0.1, 0.15) is 11.1 Å². The standard InChI is InChI=1S/C22H18N2O2S/c1-14-6-8-15(9-7-14)12-21(26)23-16-10-11-19(25)17(13-16)22-24-18-4-2-3-5-20(18)27-22/h2-11,13,25H,12H2,1H3,(H,23,26). The highest BCUT2D eigenvalue weighted by Crippen LogP contribution is 2.36. The lowest BCUT2D eigenvalue weighted by molar-refractivity contribution is -0.115. The molecule has 1 heterocycles. The number of aryl methyl sites for hydroxylation is 1. The molecule has 4 rings (SSSR count). The molecule has 0 atom stereocenters. The van der Waals surface area contributed by atoms with E-state index in [1.807, 2.05) is 55.5 Å². The lowest BCUT2D eigenvalue weighted by Crippen LogP contribution is -2.14. The summed E-state index contributed by atoms with van der Waals surface area (Å²) in [6, 6.07) is 20.8. The lowest BCUT2D eigenvalue weighted by atomic mass is 10.1. The highest BCUT2D eigenvalue weighted by molar-refractivity contribution is 7.21. The van der Waals surface area contributed by atoms with Gasteiger partial charge in [-0.3, -0.25) is 4.79 Å². The molecule has 134 valence electrons. The fourth-order valence-electron chi connectivity index (χ4n) is 2.87. The second-order valence-corrected chi connectivity index (χ2v) is 7.46. The highest BCUT2D eigenvalue weighted by atomic mass is 32.1. The van der Waals surface area contributed by atoms with Crippen LogP contribution in [0.5, 0.6) is 5.75 Å². The first-order chi connectivity index (χ1) is 13.1. The third-order valence-corrected chi connectivity index (χ3v) is 5.36. The van der Waals surface area contributed by atoms with E-state index in [2.05, 4.69) is 10.3 Å². The van der Waals surface area contributed by atoms with Crippen LogP contribution >= 0.6 is 11.3 Å². The van der Waals surface area contributed by atoms with Gasteiger partial charge in [0, 0.05) is 5.69 Å². The topological polar surface area (TPSA) is 62.2 Å². The van der Waals surface area contributed by atoms with Crippen LogP contribution in [0.4, 0.5) is 5.69 Å². The molecular weight excluding hydrogens is 356 g/mol. The van der Waals surface area contributed by atoms with Crippen LogP contribution in [-0.4, -0.2) is 16.0 Å². The van der Waals surface area contributed by atoms with E-state index in [0.29, 0.717) is 17.7 Å². The Morgan fingerprint density at radius 2 is 1.85 bits per heavy atom. The lowest BCUT2D eigenvalue weighted by Gasteiger charge is -2.08. The molecule has 0 saturated heterocycles. The van der Waals surface area contributed by atoms with Crippen LogP contribution in [0.3, 0.4) is 0 Å². The van der Waals surface area contributed by atoms with E-state index in [9.17, 15) is 9.90 Å². The number of hydrogen-bond donors (Lipinski definition) is 2. The number of aromatic hydroxyl groups is 1. The second kappa shape index (κ2) is 7.21. The Bertz CT molecular complexity index is 1080. The fraction of sp³-hybridized carbons (Fsp3) is 0.0909. The minimum atomic E-state index is -0.0974. The summed E-state index contributed by atoms with van der Waals surface area (Å²) in [5.41, 5.74) is 4.27. The van der Waals surface area contributed by atoms with Gasteiger partial charge in [0.1, 0.15) is 10.8 Å². The quantitative estimate of drug-likeness (QED) is 0.485. The molecule has 0 spiro atoms. The van der Waals surface area contributed by atoms with Crippen molar-refractivity contribution < 1.29 is 9.90 Å². The first-order valence-corrected chi connectivity index (χ1v) is 9.44. The summed E-state index contributed by atoms with van der Waals surface area (Å²) in [7, 11) is 0. The van der Waals surface area contributed by atoms with E-state index in [4.69, 9.17) is 0 Å². The summed E-state index contributed by atoms with van der Waals surface area (Å²) in [4.78, 5) is 16.9. The average Bonchev–Trinajstić information content (AvgIpc) is 3.09. The molecule has 0 radical (unpaired) electrons. The van der Waals surface area contributed by atoms with E-state index >= 15 is 0 Å². The SMILES string of the molecule is Cc1ccc(CC(=O)Nc2ccc(O)c(-c3nc4ccccc4s3)c2)cc1. The van der Waals surface area contributed by atoms with Gasteiger partial charge in [-0.1, -0.05) is 42.0 Å². The summed E-state index contributed by atoms with van der Waals surface area (Å²) < 4.78 is 1.06. The predicted molar refractivity (Wildman–Crippen MR) is 110 cm³/mol. The summed E-state index contributed by atoms with van der Waals surface area (Å²) in [6.07, 6.45) is 0.303. The van der Waals surface area contributed by atoms with Crippen molar-refractivity contribution in [2.75, 3.05) is 5.32 Å². The molecular formula is C22H18N2O2S. The Balaban J connectivity index is 1.56. The summed E-state index contributed by atoms with van der Waals surface area (Å²) in [5, 5.41) is 13.9. The predicted octanol–water partition coefficient (Wildman–Crippen LogP) is 5.16. The largest absolute Gasteiger partial charge is 0.507 e. The molecule has 0 aliphatic heterocycles. The number of amides is 1. The van der Waals surface area contributed by atoms with E-state index in [-0.39, 0.29) is 11.7 Å². The van der Waals surface area contributed by atoms with Gasteiger partial charge in [0.25, 0.3) is 0 Å². The molecule has 1 aromatic heterocycles.